The molecule has 94 valence electrons. The lowest BCUT2D eigenvalue weighted by molar-refractivity contribution is 1.11. The first-order valence-corrected chi connectivity index (χ1v) is 6.85. The van der Waals surface area contributed by atoms with Gasteiger partial charge in [-0.1, -0.05) is 47.1 Å². The number of aryl methyl sites for hydroxylation is 1. The van der Waals surface area contributed by atoms with Gasteiger partial charge < -0.3 is 11.1 Å². The van der Waals surface area contributed by atoms with Crippen LogP contribution in [0.2, 0.25) is 0 Å². The van der Waals surface area contributed by atoms with E-state index in [0.717, 1.165) is 28.8 Å². The quantitative estimate of drug-likeness (QED) is 0.831. The minimum absolute atomic E-state index is 0.767. The molecule has 0 radical (unpaired) electrons. The molecule has 0 saturated carbocycles. The molecule has 0 atom stereocenters. The van der Waals surface area contributed by atoms with Crippen LogP contribution in [-0.2, 0) is 13.0 Å². The number of rotatable bonds is 4. The minimum Gasteiger partial charge on any atom is -0.397 e. The molecular weight excluding hydrogens is 288 g/mol. The maximum Gasteiger partial charge on any atom is 0.0587 e. The number of nitrogen functional groups attached to an aromatic ring is 1. The number of nitrogens with one attached hydrogen (secondary N) is 1. The predicted molar refractivity (Wildman–Crippen MR) is 81.7 cm³/mol. The van der Waals surface area contributed by atoms with Crippen LogP contribution in [0, 0.1) is 0 Å². The van der Waals surface area contributed by atoms with Gasteiger partial charge in [0.1, 0.15) is 0 Å². The van der Waals surface area contributed by atoms with Crippen molar-refractivity contribution in [1.29, 1.82) is 0 Å². The Kier molecular flexibility index (Phi) is 4.26. The van der Waals surface area contributed by atoms with E-state index in [9.17, 15) is 0 Å². The van der Waals surface area contributed by atoms with Crippen molar-refractivity contribution in [1.82, 2.24) is 0 Å². The highest BCUT2D eigenvalue weighted by Crippen LogP contribution is 2.23. The lowest BCUT2D eigenvalue weighted by Gasteiger charge is -2.10. The Balaban J connectivity index is 2.04. The molecular formula is C15H17BrN2. The van der Waals surface area contributed by atoms with Crippen LogP contribution in [-0.4, -0.2) is 0 Å². The van der Waals surface area contributed by atoms with Gasteiger partial charge in [-0.15, -0.1) is 0 Å². The summed E-state index contributed by atoms with van der Waals surface area (Å²) in [5.41, 5.74) is 10.3. The maximum atomic E-state index is 5.92. The van der Waals surface area contributed by atoms with Crippen molar-refractivity contribution in [3.05, 3.63) is 58.1 Å². The van der Waals surface area contributed by atoms with Crippen LogP contribution >= 0.6 is 15.9 Å². The number of hydrogen-bond acceptors (Lipinski definition) is 2. The molecule has 0 bridgehead atoms. The average Bonchev–Trinajstić information content (AvgIpc) is 2.40. The molecule has 0 aliphatic heterocycles. The van der Waals surface area contributed by atoms with Crippen molar-refractivity contribution in [2.75, 3.05) is 11.1 Å². The molecule has 0 fully saturated rings. The van der Waals surface area contributed by atoms with Crippen molar-refractivity contribution < 1.29 is 0 Å². The summed E-state index contributed by atoms with van der Waals surface area (Å²) < 4.78 is 1.03. The van der Waals surface area contributed by atoms with E-state index in [-0.39, 0.29) is 0 Å². The molecule has 0 aliphatic carbocycles. The summed E-state index contributed by atoms with van der Waals surface area (Å²) in [6, 6.07) is 14.5. The highest BCUT2D eigenvalue weighted by Gasteiger charge is 2.00. The smallest absolute Gasteiger partial charge is 0.0587 e. The number of nitrogens with two attached hydrogens (primary N) is 1. The highest BCUT2D eigenvalue weighted by atomic mass is 79.9. The zero-order valence-electron chi connectivity index (χ0n) is 10.4. The maximum absolute atomic E-state index is 5.92. The summed E-state index contributed by atoms with van der Waals surface area (Å²) >= 11 is 3.45. The monoisotopic (exact) mass is 304 g/mol. The van der Waals surface area contributed by atoms with Gasteiger partial charge in [0.15, 0.2) is 0 Å². The van der Waals surface area contributed by atoms with Crippen LogP contribution in [0.4, 0.5) is 11.4 Å². The van der Waals surface area contributed by atoms with Crippen LogP contribution in [0.25, 0.3) is 0 Å². The zero-order chi connectivity index (χ0) is 13.0. The summed E-state index contributed by atoms with van der Waals surface area (Å²) in [6.45, 7) is 2.94. The fourth-order valence-electron chi connectivity index (χ4n) is 1.77. The fraction of sp³-hybridized carbons (Fsp3) is 0.200. The SMILES string of the molecule is CCc1ccc(CNc2cc(Br)ccc2N)cc1. The summed E-state index contributed by atoms with van der Waals surface area (Å²) in [5.74, 6) is 0. The van der Waals surface area contributed by atoms with Gasteiger partial charge in [0.05, 0.1) is 11.4 Å². The van der Waals surface area contributed by atoms with Crippen LogP contribution in [0.1, 0.15) is 18.1 Å². The normalized spacial score (nSPS) is 10.3. The van der Waals surface area contributed by atoms with E-state index in [1.807, 2.05) is 18.2 Å². The Morgan fingerprint density at radius 1 is 1.06 bits per heavy atom. The topological polar surface area (TPSA) is 38.0 Å². The molecule has 0 amide bonds. The van der Waals surface area contributed by atoms with Crippen LogP contribution < -0.4 is 11.1 Å². The van der Waals surface area contributed by atoms with Crippen molar-refractivity contribution in [3.63, 3.8) is 0 Å². The molecule has 0 aliphatic rings. The van der Waals surface area contributed by atoms with Gasteiger partial charge in [0, 0.05) is 11.0 Å². The van der Waals surface area contributed by atoms with Gasteiger partial charge in [0.25, 0.3) is 0 Å². The Hall–Kier alpha value is -1.48. The summed E-state index contributed by atoms with van der Waals surface area (Å²) in [5, 5.41) is 3.35. The van der Waals surface area contributed by atoms with Crippen molar-refractivity contribution in [2.24, 2.45) is 0 Å². The molecule has 3 N–H and O–H groups in total. The van der Waals surface area contributed by atoms with Crippen LogP contribution in [0.3, 0.4) is 0 Å². The number of hydrogen-bond donors (Lipinski definition) is 2. The van der Waals surface area contributed by atoms with Crippen LogP contribution in [0.5, 0.6) is 0 Å². The first-order valence-electron chi connectivity index (χ1n) is 6.05. The summed E-state index contributed by atoms with van der Waals surface area (Å²) in [6.07, 6.45) is 1.08. The second kappa shape index (κ2) is 5.91. The van der Waals surface area contributed by atoms with Gasteiger partial charge in [-0.25, -0.2) is 0 Å². The third-order valence-corrected chi connectivity index (χ3v) is 3.42. The van der Waals surface area contributed by atoms with E-state index in [1.165, 1.54) is 11.1 Å². The standard InChI is InChI=1S/C15H17BrN2/c1-2-11-3-5-12(6-4-11)10-18-15-9-13(16)7-8-14(15)17/h3-9,18H,2,10,17H2,1H3. The zero-order valence-corrected chi connectivity index (χ0v) is 12.0. The van der Waals surface area contributed by atoms with Gasteiger partial charge in [-0.2, -0.15) is 0 Å². The van der Waals surface area contributed by atoms with E-state index in [1.54, 1.807) is 0 Å². The summed E-state index contributed by atoms with van der Waals surface area (Å²) in [4.78, 5) is 0. The molecule has 2 aromatic rings. The van der Waals surface area contributed by atoms with Gasteiger partial charge in [0.2, 0.25) is 0 Å². The van der Waals surface area contributed by atoms with Crippen molar-refractivity contribution >= 4 is 27.3 Å². The van der Waals surface area contributed by atoms with E-state index >= 15 is 0 Å². The summed E-state index contributed by atoms with van der Waals surface area (Å²) in [7, 11) is 0. The molecule has 2 rings (SSSR count). The largest absolute Gasteiger partial charge is 0.397 e. The third-order valence-electron chi connectivity index (χ3n) is 2.93. The predicted octanol–water partition coefficient (Wildman–Crippen LogP) is 4.21. The fourth-order valence-corrected chi connectivity index (χ4v) is 2.13. The van der Waals surface area contributed by atoms with E-state index in [4.69, 9.17) is 5.73 Å². The second-order valence-corrected chi connectivity index (χ2v) is 5.17. The number of halogens is 1. The first kappa shape index (κ1) is 13.0. The van der Waals surface area contributed by atoms with E-state index < -0.39 is 0 Å². The van der Waals surface area contributed by atoms with Crippen molar-refractivity contribution in [3.8, 4) is 0 Å². The number of benzene rings is 2. The van der Waals surface area contributed by atoms with E-state index in [0.29, 0.717) is 0 Å². The second-order valence-electron chi connectivity index (χ2n) is 4.26. The van der Waals surface area contributed by atoms with Gasteiger partial charge >= 0.3 is 0 Å². The van der Waals surface area contributed by atoms with Gasteiger partial charge in [-0.05, 0) is 35.7 Å². The molecule has 18 heavy (non-hydrogen) atoms. The van der Waals surface area contributed by atoms with Crippen molar-refractivity contribution in [2.45, 2.75) is 19.9 Å². The Bertz CT molecular complexity index is 521. The molecule has 0 heterocycles. The molecule has 3 heteroatoms. The average molecular weight is 305 g/mol. The molecule has 0 aromatic heterocycles. The Morgan fingerprint density at radius 3 is 2.39 bits per heavy atom. The Labute approximate surface area is 116 Å². The Morgan fingerprint density at radius 2 is 1.72 bits per heavy atom. The highest BCUT2D eigenvalue weighted by molar-refractivity contribution is 9.10. The number of anilines is 2. The molecule has 2 aromatic carbocycles. The third kappa shape index (κ3) is 3.26. The molecule has 0 saturated heterocycles. The minimum atomic E-state index is 0.767. The first-order chi connectivity index (χ1) is 8.69. The molecule has 2 nitrogen and oxygen atoms in total. The van der Waals surface area contributed by atoms with Gasteiger partial charge in [-0.3, -0.25) is 0 Å². The lowest BCUT2D eigenvalue weighted by atomic mass is 10.1. The molecule has 0 unspecified atom stereocenters. The lowest BCUT2D eigenvalue weighted by Crippen LogP contribution is -2.02. The molecule has 0 spiro atoms. The van der Waals surface area contributed by atoms with Crippen LogP contribution in [0.15, 0.2) is 46.9 Å². The van der Waals surface area contributed by atoms with E-state index in [2.05, 4.69) is 52.4 Å².